The van der Waals surface area contributed by atoms with Crippen molar-refractivity contribution in [3.63, 3.8) is 0 Å². The molecule has 1 aliphatic heterocycles. The van der Waals surface area contributed by atoms with Crippen molar-refractivity contribution in [2.75, 3.05) is 20.2 Å². The summed E-state index contributed by atoms with van der Waals surface area (Å²) in [6.45, 7) is 6.64. The van der Waals surface area contributed by atoms with Gasteiger partial charge in [-0.15, -0.1) is 0 Å². The van der Waals surface area contributed by atoms with Crippen LogP contribution in [0.2, 0.25) is 0 Å². The summed E-state index contributed by atoms with van der Waals surface area (Å²) in [5, 5.41) is 0. The van der Waals surface area contributed by atoms with E-state index in [0.717, 1.165) is 22.4 Å². The Kier molecular flexibility index (Phi) is 6.05. The van der Waals surface area contributed by atoms with E-state index in [1.807, 2.05) is 41.3 Å². The van der Waals surface area contributed by atoms with E-state index in [1.54, 1.807) is 13.3 Å². The van der Waals surface area contributed by atoms with Crippen molar-refractivity contribution in [1.82, 2.24) is 9.88 Å². The van der Waals surface area contributed by atoms with Gasteiger partial charge in [0.15, 0.2) is 0 Å². The Morgan fingerprint density at radius 1 is 1.03 bits per heavy atom. The van der Waals surface area contributed by atoms with E-state index in [-0.39, 0.29) is 11.3 Å². The average molecular weight is 417 g/mol. The van der Waals surface area contributed by atoms with Crippen molar-refractivity contribution in [3.8, 4) is 5.75 Å². The van der Waals surface area contributed by atoms with Crippen molar-refractivity contribution in [2.24, 2.45) is 0 Å². The molecule has 0 atom stereocenters. The molecule has 1 aliphatic rings. The van der Waals surface area contributed by atoms with Crippen LogP contribution in [0, 0.1) is 6.92 Å². The number of ether oxygens (including phenoxy) is 2. The topological polar surface area (TPSA) is 51.7 Å². The number of carbonyl (C=O) groups is 1. The average Bonchev–Trinajstić information content (AvgIpc) is 2.77. The number of amides is 1. The molecule has 0 bridgehead atoms. The van der Waals surface area contributed by atoms with Crippen LogP contribution in [0.4, 0.5) is 0 Å². The molecule has 0 aliphatic carbocycles. The zero-order valence-corrected chi connectivity index (χ0v) is 18.3. The maximum atomic E-state index is 12.8. The van der Waals surface area contributed by atoms with Crippen LogP contribution in [0.5, 0.6) is 5.75 Å². The molecule has 1 aromatic heterocycles. The summed E-state index contributed by atoms with van der Waals surface area (Å²) in [5.74, 6) is 0.859. The minimum atomic E-state index is -0.0669. The summed E-state index contributed by atoms with van der Waals surface area (Å²) >= 11 is 0. The summed E-state index contributed by atoms with van der Waals surface area (Å²) < 4.78 is 11.2. The minimum Gasteiger partial charge on any atom is -0.489 e. The number of aromatic nitrogens is 1. The van der Waals surface area contributed by atoms with Gasteiger partial charge in [-0.25, -0.2) is 0 Å². The Hall–Kier alpha value is -3.18. The number of likely N-dealkylation sites (tertiary alicyclic amines) is 1. The summed E-state index contributed by atoms with van der Waals surface area (Å²) in [7, 11) is 1.64. The highest BCUT2D eigenvalue weighted by atomic mass is 16.5. The third kappa shape index (κ3) is 4.62. The molecule has 4 rings (SSSR count). The number of hydrogen-bond donors (Lipinski definition) is 0. The van der Waals surface area contributed by atoms with Crippen LogP contribution in [-0.2, 0) is 23.4 Å². The molecule has 1 amide bonds. The van der Waals surface area contributed by atoms with Crippen LogP contribution in [-0.4, -0.2) is 36.0 Å². The normalized spacial score (nSPS) is 14.7. The van der Waals surface area contributed by atoms with Crippen LogP contribution in [0.15, 0.2) is 66.9 Å². The van der Waals surface area contributed by atoms with Gasteiger partial charge in [0, 0.05) is 31.8 Å². The first-order valence-electron chi connectivity index (χ1n) is 10.5. The Labute approximate surface area is 183 Å². The molecule has 0 N–H and O–H groups in total. The van der Waals surface area contributed by atoms with E-state index in [4.69, 9.17) is 9.47 Å². The number of pyridine rings is 1. The molecule has 31 heavy (non-hydrogen) atoms. The van der Waals surface area contributed by atoms with E-state index in [0.29, 0.717) is 32.0 Å². The summed E-state index contributed by atoms with van der Waals surface area (Å²) in [6.07, 6.45) is 1.66. The molecule has 0 saturated carbocycles. The highest BCUT2D eigenvalue weighted by Crippen LogP contribution is 2.37. The maximum absolute atomic E-state index is 12.8. The fourth-order valence-corrected chi connectivity index (χ4v) is 4.05. The zero-order chi connectivity index (χ0) is 21.8. The molecular formula is C26H28N2O3. The monoisotopic (exact) mass is 416 g/mol. The standard InChI is InChI=1S/C26H28N2O3/c1-19-13-22(9-10-24(19)31-16-20-7-5-4-6-8-20)26(2)17-28(18-26)25(29)23-14-21(15-30-3)11-12-27-23/h4-14H,15-18H2,1-3H3. The SMILES string of the molecule is COCc1ccnc(C(=O)N2CC(C)(c3ccc(OCc4ccccc4)c(C)c3)C2)c1. The Bertz CT molecular complexity index is 1060. The first kappa shape index (κ1) is 21.1. The lowest BCUT2D eigenvalue weighted by molar-refractivity contribution is 0.0427. The number of methoxy groups -OCH3 is 1. The highest BCUT2D eigenvalue weighted by Gasteiger charge is 2.43. The number of carbonyl (C=O) groups excluding carboxylic acids is 1. The second-order valence-electron chi connectivity index (χ2n) is 8.46. The summed E-state index contributed by atoms with van der Waals surface area (Å²) in [4.78, 5) is 19.0. The lowest BCUT2D eigenvalue weighted by atomic mass is 9.75. The number of rotatable bonds is 7. The smallest absolute Gasteiger partial charge is 0.272 e. The van der Waals surface area contributed by atoms with E-state index >= 15 is 0 Å². The number of nitrogens with zero attached hydrogens (tertiary/aromatic N) is 2. The van der Waals surface area contributed by atoms with E-state index in [1.165, 1.54) is 5.56 Å². The van der Waals surface area contributed by atoms with Gasteiger partial charge in [-0.05, 0) is 47.4 Å². The van der Waals surface area contributed by atoms with Gasteiger partial charge in [0.25, 0.3) is 5.91 Å². The van der Waals surface area contributed by atoms with E-state index in [2.05, 4.69) is 43.1 Å². The van der Waals surface area contributed by atoms with Crippen LogP contribution < -0.4 is 4.74 Å². The maximum Gasteiger partial charge on any atom is 0.272 e. The third-order valence-corrected chi connectivity index (χ3v) is 5.83. The largest absolute Gasteiger partial charge is 0.489 e. The minimum absolute atomic E-state index is 0.0324. The van der Waals surface area contributed by atoms with E-state index < -0.39 is 0 Å². The fourth-order valence-electron chi connectivity index (χ4n) is 4.05. The predicted molar refractivity (Wildman–Crippen MR) is 120 cm³/mol. The Balaban J connectivity index is 1.40. The predicted octanol–water partition coefficient (Wildman–Crippen LogP) is 4.53. The van der Waals surface area contributed by atoms with E-state index in [9.17, 15) is 4.79 Å². The molecule has 3 aromatic rings. The van der Waals surface area contributed by atoms with Crippen LogP contribution in [0.3, 0.4) is 0 Å². The first-order chi connectivity index (χ1) is 15.0. The third-order valence-electron chi connectivity index (χ3n) is 5.83. The number of aryl methyl sites for hydroxylation is 1. The molecule has 1 saturated heterocycles. The van der Waals surface area contributed by atoms with Crippen molar-refractivity contribution in [3.05, 3.63) is 94.8 Å². The second-order valence-corrected chi connectivity index (χ2v) is 8.46. The fraction of sp³-hybridized carbons (Fsp3) is 0.308. The van der Waals surface area contributed by atoms with Gasteiger partial charge in [-0.2, -0.15) is 0 Å². The molecule has 5 heteroatoms. The molecule has 5 nitrogen and oxygen atoms in total. The summed E-state index contributed by atoms with van der Waals surface area (Å²) in [5.41, 5.74) is 4.83. The quantitative estimate of drug-likeness (QED) is 0.568. The second kappa shape index (κ2) is 8.90. The van der Waals surface area contributed by atoms with Crippen molar-refractivity contribution in [1.29, 1.82) is 0 Å². The van der Waals surface area contributed by atoms with Gasteiger partial charge in [-0.1, -0.05) is 49.4 Å². The lowest BCUT2D eigenvalue weighted by Crippen LogP contribution is -2.59. The molecule has 1 fully saturated rings. The van der Waals surface area contributed by atoms with Gasteiger partial charge < -0.3 is 14.4 Å². The number of hydrogen-bond acceptors (Lipinski definition) is 4. The highest BCUT2D eigenvalue weighted by molar-refractivity contribution is 5.93. The number of benzene rings is 2. The molecular weight excluding hydrogens is 388 g/mol. The van der Waals surface area contributed by atoms with Gasteiger partial charge in [-0.3, -0.25) is 9.78 Å². The summed E-state index contributed by atoms with van der Waals surface area (Å²) in [6, 6.07) is 20.2. The van der Waals surface area contributed by atoms with Crippen molar-refractivity contribution >= 4 is 5.91 Å². The first-order valence-corrected chi connectivity index (χ1v) is 10.5. The van der Waals surface area contributed by atoms with Crippen LogP contribution in [0.25, 0.3) is 0 Å². The zero-order valence-electron chi connectivity index (χ0n) is 18.3. The van der Waals surface area contributed by atoms with Crippen molar-refractivity contribution < 1.29 is 14.3 Å². The molecule has 0 radical (unpaired) electrons. The molecule has 2 aromatic carbocycles. The van der Waals surface area contributed by atoms with Gasteiger partial charge in [0.1, 0.15) is 18.1 Å². The van der Waals surface area contributed by atoms with Gasteiger partial charge >= 0.3 is 0 Å². The molecule has 0 unspecified atom stereocenters. The van der Waals surface area contributed by atoms with Gasteiger partial charge in [0.05, 0.1) is 6.61 Å². The van der Waals surface area contributed by atoms with Crippen LogP contribution >= 0.6 is 0 Å². The van der Waals surface area contributed by atoms with Gasteiger partial charge in [0.2, 0.25) is 0 Å². The lowest BCUT2D eigenvalue weighted by Gasteiger charge is -2.48. The Morgan fingerprint density at radius 3 is 2.52 bits per heavy atom. The molecule has 0 spiro atoms. The Morgan fingerprint density at radius 2 is 1.81 bits per heavy atom. The van der Waals surface area contributed by atoms with Crippen molar-refractivity contribution in [2.45, 2.75) is 32.5 Å². The molecule has 160 valence electrons. The molecule has 2 heterocycles. The van der Waals surface area contributed by atoms with Crippen LogP contribution in [0.1, 0.15) is 39.7 Å².